The lowest BCUT2D eigenvalue weighted by Gasteiger charge is -2.60. The second-order valence-corrected chi connectivity index (χ2v) is 11.7. The van der Waals surface area contributed by atoms with E-state index < -0.39 is 0 Å². The van der Waals surface area contributed by atoms with E-state index in [2.05, 4.69) is 19.3 Å². The Morgan fingerprint density at radius 3 is 2.50 bits per heavy atom. The first kappa shape index (κ1) is 23.3. The summed E-state index contributed by atoms with van der Waals surface area (Å²) in [4.78, 5) is 22.2. The molecule has 1 N–H and O–H groups in total. The predicted octanol–water partition coefficient (Wildman–Crippen LogP) is 6.34. The van der Waals surface area contributed by atoms with Crippen molar-refractivity contribution in [3.05, 3.63) is 34.4 Å². The Balaban J connectivity index is 1.26. The van der Waals surface area contributed by atoms with Crippen LogP contribution in [0.15, 0.2) is 29.4 Å². The summed E-state index contributed by atoms with van der Waals surface area (Å²) >= 11 is 0. The van der Waals surface area contributed by atoms with E-state index in [4.69, 9.17) is 9.84 Å². The lowest BCUT2D eigenvalue weighted by molar-refractivity contribution is -0.384. The number of carbonyl (C=O) groups excluding carboxylic acids is 1. The fourth-order valence-corrected chi connectivity index (χ4v) is 8.31. The van der Waals surface area contributed by atoms with Crippen LogP contribution in [0, 0.1) is 44.6 Å². The summed E-state index contributed by atoms with van der Waals surface area (Å²) in [7, 11) is 0. The maximum atomic E-state index is 11.7. The van der Waals surface area contributed by atoms with Gasteiger partial charge in [0.25, 0.3) is 5.69 Å². The third kappa shape index (κ3) is 3.91. The largest absolute Gasteiger partial charge is 0.462 e. The number of hydrogen-bond acceptors (Lipinski definition) is 6. The number of anilines is 1. The average molecular weight is 468 g/mol. The second kappa shape index (κ2) is 8.65. The quantitative estimate of drug-likeness (QED) is 0.317. The van der Waals surface area contributed by atoms with Gasteiger partial charge in [-0.3, -0.25) is 20.3 Å². The van der Waals surface area contributed by atoms with Crippen LogP contribution in [0.25, 0.3) is 0 Å². The molecule has 0 radical (unpaired) electrons. The van der Waals surface area contributed by atoms with Gasteiger partial charge in [-0.05, 0) is 99.0 Å². The van der Waals surface area contributed by atoms with Crippen molar-refractivity contribution >= 4 is 23.1 Å². The minimum absolute atomic E-state index is 0.0911. The molecule has 4 fully saturated rings. The fraction of sp³-hybridized carbons (Fsp3) is 0.704. The SMILES string of the molecule is CC(=O)O[C@H]1CC[C@H]2[C@@H]3CC[C@H]4C/C(=N/Nc5ccc([N+](=O)[O-])cc5)CC[C@]4(C)[C@H]3CC[C@]12C. The number of hydrogen-bond donors (Lipinski definition) is 1. The molecule has 7 nitrogen and oxygen atoms in total. The van der Waals surface area contributed by atoms with E-state index in [0.29, 0.717) is 17.3 Å². The lowest BCUT2D eigenvalue weighted by Crippen LogP contribution is -2.54. The number of nitro groups is 1. The summed E-state index contributed by atoms with van der Waals surface area (Å²) in [5.74, 6) is 2.70. The number of nitrogens with zero attached hydrogens (tertiary/aromatic N) is 2. The third-order valence-electron chi connectivity index (χ3n) is 10.1. The zero-order chi connectivity index (χ0) is 24.1. The molecule has 0 bridgehead atoms. The highest BCUT2D eigenvalue weighted by Gasteiger charge is 2.60. The van der Waals surface area contributed by atoms with Crippen LogP contribution in [-0.4, -0.2) is 22.7 Å². The number of rotatable bonds is 4. The molecular weight excluding hydrogens is 430 g/mol. The summed E-state index contributed by atoms with van der Waals surface area (Å²) in [5.41, 5.74) is 5.72. The van der Waals surface area contributed by atoms with Crippen LogP contribution in [0.3, 0.4) is 0 Å². The molecule has 0 amide bonds. The van der Waals surface area contributed by atoms with Crippen molar-refractivity contribution in [3.63, 3.8) is 0 Å². The van der Waals surface area contributed by atoms with Gasteiger partial charge in [0.1, 0.15) is 6.10 Å². The predicted molar refractivity (Wildman–Crippen MR) is 131 cm³/mol. The first-order valence-corrected chi connectivity index (χ1v) is 12.9. The average Bonchev–Trinajstić information content (AvgIpc) is 3.13. The number of esters is 1. The van der Waals surface area contributed by atoms with Gasteiger partial charge in [-0.15, -0.1) is 0 Å². The number of nitrogens with one attached hydrogen (secondary N) is 1. The van der Waals surface area contributed by atoms with Crippen molar-refractivity contribution in [2.75, 3.05) is 5.43 Å². The van der Waals surface area contributed by atoms with Crippen molar-refractivity contribution in [2.24, 2.45) is 39.6 Å². The van der Waals surface area contributed by atoms with Crippen LogP contribution in [-0.2, 0) is 9.53 Å². The summed E-state index contributed by atoms with van der Waals surface area (Å²) in [6, 6.07) is 6.44. The van der Waals surface area contributed by atoms with E-state index >= 15 is 0 Å². The molecule has 0 aromatic heterocycles. The number of benzene rings is 1. The van der Waals surface area contributed by atoms with Crippen LogP contribution in [0.2, 0.25) is 0 Å². The number of fused-ring (bicyclic) bond motifs is 5. The highest BCUT2D eigenvalue weighted by molar-refractivity contribution is 5.86. The number of non-ortho nitro benzene ring substituents is 1. The van der Waals surface area contributed by atoms with Crippen LogP contribution in [0.5, 0.6) is 0 Å². The molecule has 7 heteroatoms. The van der Waals surface area contributed by atoms with E-state index in [9.17, 15) is 14.9 Å². The maximum absolute atomic E-state index is 11.7. The Bertz CT molecular complexity index is 992. The van der Waals surface area contributed by atoms with Crippen molar-refractivity contribution in [2.45, 2.75) is 84.7 Å². The first-order chi connectivity index (χ1) is 16.2. The Morgan fingerprint density at radius 2 is 1.79 bits per heavy atom. The van der Waals surface area contributed by atoms with Gasteiger partial charge in [-0.25, -0.2) is 0 Å². The van der Waals surface area contributed by atoms with Crippen LogP contribution in [0.1, 0.15) is 78.6 Å². The normalized spacial score (nSPS) is 40.1. The van der Waals surface area contributed by atoms with Gasteiger partial charge in [0, 0.05) is 30.2 Å². The minimum Gasteiger partial charge on any atom is -0.462 e. The zero-order valence-electron chi connectivity index (χ0n) is 20.6. The molecule has 184 valence electrons. The maximum Gasteiger partial charge on any atom is 0.302 e. The van der Waals surface area contributed by atoms with Gasteiger partial charge in [0.05, 0.1) is 10.6 Å². The molecule has 1 aromatic rings. The molecule has 0 unspecified atom stereocenters. The summed E-state index contributed by atoms with van der Waals surface area (Å²) < 4.78 is 5.80. The van der Waals surface area contributed by atoms with E-state index in [-0.39, 0.29) is 28.1 Å². The van der Waals surface area contributed by atoms with E-state index in [1.807, 2.05) is 0 Å². The molecule has 0 aliphatic heterocycles. The minimum atomic E-state index is -0.385. The highest BCUT2D eigenvalue weighted by atomic mass is 16.6. The molecule has 0 heterocycles. The molecule has 4 saturated carbocycles. The molecule has 7 atom stereocenters. The van der Waals surface area contributed by atoms with Gasteiger partial charge >= 0.3 is 5.97 Å². The van der Waals surface area contributed by atoms with Crippen LogP contribution < -0.4 is 5.43 Å². The standard InChI is InChI=1S/C27H37N3O4/c1-17(31)34-25-11-10-23-22-9-4-18-16-20(29-28-19-5-7-21(8-6-19)30(32)33)12-14-26(18,2)24(22)13-15-27(23,25)3/h5-8,18,22-25,28H,4,9-16H2,1-3H3/b29-20+/t18-,22-,23-,24-,25-,26-,27-/m0/s1. The van der Waals surface area contributed by atoms with Crippen molar-refractivity contribution in [3.8, 4) is 0 Å². The molecule has 34 heavy (non-hydrogen) atoms. The van der Waals surface area contributed by atoms with Crippen molar-refractivity contribution < 1.29 is 14.5 Å². The molecular formula is C27H37N3O4. The third-order valence-corrected chi connectivity index (χ3v) is 10.1. The van der Waals surface area contributed by atoms with E-state index in [0.717, 1.165) is 36.8 Å². The molecule has 4 aliphatic carbocycles. The first-order valence-electron chi connectivity index (χ1n) is 12.9. The van der Waals surface area contributed by atoms with E-state index in [1.165, 1.54) is 56.4 Å². The van der Waals surface area contributed by atoms with E-state index in [1.54, 1.807) is 19.1 Å². The summed E-state index contributed by atoms with van der Waals surface area (Å²) in [5, 5.41) is 15.6. The molecule has 5 rings (SSSR count). The number of ether oxygens (including phenoxy) is 1. The highest BCUT2D eigenvalue weighted by Crippen LogP contribution is 2.66. The van der Waals surface area contributed by atoms with Gasteiger partial charge in [-0.1, -0.05) is 13.8 Å². The van der Waals surface area contributed by atoms with Gasteiger partial charge in [-0.2, -0.15) is 5.10 Å². The van der Waals surface area contributed by atoms with Gasteiger partial charge < -0.3 is 4.74 Å². The lowest BCUT2D eigenvalue weighted by atomic mass is 9.45. The summed E-state index contributed by atoms with van der Waals surface area (Å²) in [6.07, 6.45) is 10.5. The Morgan fingerprint density at radius 1 is 1.06 bits per heavy atom. The number of carbonyl (C=O) groups is 1. The van der Waals surface area contributed by atoms with Crippen molar-refractivity contribution in [1.29, 1.82) is 0 Å². The molecule has 0 saturated heterocycles. The Hall–Kier alpha value is -2.44. The molecule has 1 aromatic carbocycles. The van der Waals surface area contributed by atoms with Crippen LogP contribution in [0.4, 0.5) is 11.4 Å². The zero-order valence-corrected chi connectivity index (χ0v) is 20.6. The number of nitro benzene ring substituents is 1. The van der Waals surface area contributed by atoms with Crippen molar-refractivity contribution in [1.82, 2.24) is 0 Å². The molecule has 4 aliphatic rings. The molecule has 0 spiro atoms. The van der Waals surface area contributed by atoms with Gasteiger partial charge in [0.15, 0.2) is 0 Å². The van der Waals surface area contributed by atoms with Gasteiger partial charge in [0.2, 0.25) is 0 Å². The summed E-state index contributed by atoms with van der Waals surface area (Å²) in [6.45, 7) is 6.47. The fourth-order valence-electron chi connectivity index (χ4n) is 8.31. The Labute approximate surface area is 201 Å². The smallest absolute Gasteiger partial charge is 0.302 e. The topological polar surface area (TPSA) is 93.8 Å². The second-order valence-electron chi connectivity index (χ2n) is 11.7. The monoisotopic (exact) mass is 467 g/mol. The van der Waals surface area contributed by atoms with Crippen LogP contribution >= 0.6 is 0 Å². The number of hydrazone groups is 1. The Kier molecular flexibility index (Phi) is 5.93.